The number of thioether (sulfide) groups is 1. The molecular formula is C12H15BrClNS. The van der Waals surface area contributed by atoms with Gasteiger partial charge in [-0.25, -0.2) is 0 Å². The molecule has 1 aliphatic rings. The molecule has 0 amide bonds. The summed E-state index contributed by atoms with van der Waals surface area (Å²) in [7, 11) is 0. The van der Waals surface area contributed by atoms with Crippen LogP contribution in [-0.2, 0) is 6.54 Å². The molecule has 1 N–H and O–H groups in total. The van der Waals surface area contributed by atoms with Crippen molar-refractivity contribution in [3.05, 3.63) is 33.3 Å². The molecule has 1 nitrogen and oxygen atoms in total. The summed E-state index contributed by atoms with van der Waals surface area (Å²) in [4.78, 5) is 0. The first kappa shape index (κ1) is 12.7. The van der Waals surface area contributed by atoms with Crippen molar-refractivity contribution in [2.45, 2.75) is 24.1 Å². The lowest BCUT2D eigenvalue weighted by Crippen LogP contribution is -2.25. The Balaban J connectivity index is 1.83. The summed E-state index contributed by atoms with van der Waals surface area (Å²) in [5, 5.41) is 4.29. The molecule has 88 valence electrons. The molecule has 1 fully saturated rings. The van der Waals surface area contributed by atoms with Crippen LogP contribution in [0.3, 0.4) is 0 Å². The van der Waals surface area contributed by atoms with E-state index in [1.807, 2.05) is 17.8 Å². The van der Waals surface area contributed by atoms with Crippen LogP contribution >= 0.6 is 39.3 Å². The third-order valence-corrected chi connectivity index (χ3v) is 5.63. The SMILES string of the molecule is CSC1(CNCc2ccc(Cl)c(Br)c2)CC1. The molecule has 4 heteroatoms. The highest BCUT2D eigenvalue weighted by Gasteiger charge is 2.41. The van der Waals surface area contributed by atoms with Gasteiger partial charge >= 0.3 is 0 Å². The summed E-state index contributed by atoms with van der Waals surface area (Å²) >= 11 is 11.4. The van der Waals surface area contributed by atoms with Gasteiger partial charge in [-0.3, -0.25) is 0 Å². The molecule has 1 aromatic carbocycles. The van der Waals surface area contributed by atoms with Crippen molar-refractivity contribution in [1.82, 2.24) is 5.32 Å². The van der Waals surface area contributed by atoms with Crippen molar-refractivity contribution in [2.24, 2.45) is 0 Å². The Kier molecular flexibility index (Phi) is 4.22. The van der Waals surface area contributed by atoms with Gasteiger partial charge in [0, 0.05) is 22.3 Å². The second kappa shape index (κ2) is 5.30. The van der Waals surface area contributed by atoms with Gasteiger partial charge in [-0.1, -0.05) is 17.7 Å². The van der Waals surface area contributed by atoms with Gasteiger partial charge in [0.2, 0.25) is 0 Å². The first-order valence-electron chi connectivity index (χ1n) is 5.35. The molecule has 0 unspecified atom stereocenters. The summed E-state index contributed by atoms with van der Waals surface area (Å²) in [5.41, 5.74) is 1.27. The Morgan fingerprint density at radius 3 is 2.81 bits per heavy atom. The molecule has 0 radical (unpaired) electrons. The van der Waals surface area contributed by atoms with Crippen molar-refractivity contribution in [3.63, 3.8) is 0 Å². The van der Waals surface area contributed by atoms with Crippen molar-refractivity contribution >= 4 is 39.3 Å². The standard InChI is InChI=1S/C12H15BrClNS/c1-16-12(4-5-12)8-15-7-9-2-3-11(14)10(13)6-9/h2-3,6,15H,4-5,7-8H2,1H3. The number of halogens is 2. The highest BCUT2D eigenvalue weighted by molar-refractivity contribution is 9.10. The van der Waals surface area contributed by atoms with E-state index in [0.29, 0.717) is 4.75 Å². The molecule has 0 bridgehead atoms. The fourth-order valence-electron chi connectivity index (χ4n) is 1.68. The molecule has 2 rings (SSSR count). The van der Waals surface area contributed by atoms with E-state index >= 15 is 0 Å². The first-order chi connectivity index (χ1) is 7.65. The van der Waals surface area contributed by atoms with Crippen molar-refractivity contribution in [1.29, 1.82) is 0 Å². The molecule has 1 aliphatic carbocycles. The van der Waals surface area contributed by atoms with Crippen LogP contribution in [0.25, 0.3) is 0 Å². The smallest absolute Gasteiger partial charge is 0.0548 e. The lowest BCUT2D eigenvalue weighted by atomic mass is 10.2. The third-order valence-electron chi connectivity index (χ3n) is 3.00. The summed E-state index contributed by atoms with van der Waals surface area (Å²) in [6.45, 7) is 2.02. The van der Waals surface area contributed by atoms with Crippen molar-refractivity contribution < 1.29 is 0 Å². The quantitative estimate of drug-likeness (QED) is 0.877. The van der Waals surface area contributed by atoms with Gasteiger partial charge in [0.05, 0.1) is 5.02 Å². The van der Waals surface area contributed by atoms with Gasteiger partial charge < -0.3 is 5.32 Å². The van der Waals surface area contributed by atoms with Crippen LogP contribution in [0.2, 0.25) is 5.02 Å². The maximum atomic E-state index is 5.95. The van der Waals surface area contributed by atoms with Crippen LogP contribution in [0, 0.1) is 0 Å². The maximum absolute atomic E-state index is 5.95. The Morgan fingerprint density at radius 2 is 2.25 bits per heavy atom. The molecule has 0 atom stereocenters. The normalized spacial score (nSPS) is 17.4. The van der Waals surface area contributed by atoms with E-state index in [4.69, 9.17) is 11.6 Å². The first-order valence-corrected chi connectivity index (χ1v) is 7.75. The molecule has 1 saturated carbocycles. The fraction of sp³-hybridized carbons (Fsp3) is 0.500. The Labute approximate surface area is 114 Å². The van der Waals surface area contributed by atoms with E-state index in [0.717, 1.165) is 22.6 Å². The average molecular weight is 321 g/mol. The molecule has 0 spiro atoms. The summed E-state index contributed by atoms with van der Waals surface area (Å²) < 4.78 is 1.50. The molecule has 1 aromatic rings. The van der Waals surface area contributed by atoms with Gasteiger partial charge in [0.25, 0.3) is 0 Å². The average Bonchev–Trinajstić information content (AvgIpc) is 3.04. The van der Waals surface area contributed by atoms with Crippen LogP contribution in [0.1, 0.15) is 18.4 Å². The second-order valence-electron chi connectivity index (χ2n) is 4.24. The van der Waals surface area contributed by atoms with E-state index in [-0.39, 0.29) is 0 Å². The maximum Gasteiger partial charge on any atom is 0.0548 e. The van der Waals surface area contributed by atoms with E-state index < -0.39 is 0 Å². The van der Waals surface area contributed by atoms with Crippen molar-refractivity contribution in [2.75, 3.05) is 12.8 Å². The second-order valence-corrected chi connectivity index (χ2v) is 6.77. The zero-order chi connectivity index (χ0) is 11.6. The van der Waals surface area contributed by atoms with Gasteiger partial charge in [0.1, 0.15) is 0 Å². The van der Waals surface area contributed by atoms with E-state index in [2.05, 4.69) is 39.6 Å². The zero-order valence-corrected chi connectivity index (χ0v) is 12.4. The summed E-state index contributed by atoms with van der Waals surface area (Å²) in [6, 6.07) is 6.08. The van der Waals surface area contributed by atoms with E-state index in [1.54, 1.807) is 0 Å². The van der Waals surface area contributed by atoms with Gasteiger partial charge in [0.15, 0.2) is 0 Å². The lowest BCUT2D eigenvalue weighted by molar-refractivity contribution is 0.663. The minimum atomic E-state index is 0.531. The van der Waals surface area contributed by atoms with Crippen LogP contribution in [0.15, 0.2) is 22.7 Å². The van der Waals surface area contributed by atoms with Gasteiger partial charge in [-0.2, -0.15) is 11.8 Å². The number of hydrogen-bond acceptors (Lipinski definition) is 2. The predicted octanol–water partition coefficient (Wildman–Crippen LogP) is 4.09. The zero-order valence-electron chi connectivity index (χ0n) is 9.22. The Bertz CT molecular complexity index is 379. The number of rotatable bonds is 5. The van der Waals surface area contributed by atoms with Gasteiger partial charge in [-0.15, -0.1) is 0 Å². The van der Waals surface area contributed by atoms with Crippen LogP contribution in [-0.4, -0.2) is 17.5 Å². The molecule has 0 aromatic heterocycles. The van der Waals surface area contributed by atoms with Crippen LogP contribution in [0.5, 0.6) is 0 Å². The Hall–Kier alpha value is 0.300. The van der Waals surface area contributed by atoms with E-state index in [1.165, 1.54) is 18.4 Å². The Morgan fingerprint density at radius 1 is 1.50 bits per heavy atom. The van der Waals surface area contributed by atoms with Gasteiger partial charge in [-0.05, 0) is 52.7 Å². The minimum Gasteiger partial charge on any atom is -0.311 e. The third kappa shape index (κ3) is 3.16. The van der Waals surface area contributed by atoms with Crippen LogP contribution in [0.4, 0.5) is 0 Å². The molecule has 0 aliphatic heterocycles. The number of nitrogens with one attached hydrogen (secondary N) is 1. The van der Waals surface area contributed by atoms with E-state index in [9.17, 15) is 0 Å². The lowest BCUT2D eigenvalue weighted by Gasteiger charge is -2.13. The number of hydrogen-bond donors (Lipinski definition) is 1. The predicted molar refractivity (Wildman–Crippen MR) is 76.3 cm³/mol. The van der Waals surface area contributed by atoms with Crippen LogP contribution < -0.4 is 5.32 Å². The fourth-order valence-corrected chi connectivity index (χ4v) is 2.98. The summed E-state index contributed by atoms with van der Waals surface area (Å²) in [5.74, 6) is 0. The molecule has 16 heavy (non-hydrogen) atoms. The highest BCUT2D eigenvalue weighted by atomic mass is 79.9. The van der Waals surface area contributed by atoms with Crippen molar-refractivity contribution in [3.8, 4) is 0 Å². The summed E-state index contributed by atoms with van der Waals surface area (Å²) in [6.07, 6.45) is 4.91. The highest BCUT2D eigenvalue weighted by Crippen LogP contribution is 2.46. The molecule has 0 heterocycles. The topological polar surface area (TPSA) is 12.0 Å². The monoisotopic (exact) mass is 319 g/mol. The largest absolute Gasteiger partial charge is 0.311 e. The molecule has 0 saturated heterocycles. The molecular weight excluding hydrogens is 306 g/mol. The number of benzene rings is 1. The minimum absolute atomic E-state index is 0.531.